The molecule has 0 aliphatic carbocycles. The van der Waals surface area contributed by atoms with Crippen LogP contribution in [-0.2, 0) is 0 Å². The highest BCUT2D eigenvalue weighted by Crippen LogP contribution is 2.35. The second-order valence-electron chi connectivity index (χ2n) is 5.26. The summed E-state index contributed by atoms with van der Waals surface area (Å²) in [5.41, 5.74) is 9.35. The molecule has 6 heteroatoms. The molecule has 0 atom stereocenters. The maximum Gasteiger partial charge on any atom is 0.129 e. The quantitative estimate of drug-likeness (QED) is 0.704. The predicted molar refractivity (Wildman–Crippen MR) is 91.7 cm³/mol. The van der Waals surface area contributed by atoms with E-state index in [2.05, 4.69) is 16.0 Å². The molecule has 0 saturated carbocycles. The van der Waals surface area contributed by atoms with Gasteiger partial charge in [0.1, 0.15) is 16.8 Å². The third kappa shape index (κ3) is 3.05. The number of hydrogen-bond acceptors (Lipinski definition) is 4. The molecule has 0 aliphatic rings. The Balaban J connectivity index is 2.35. The van der Waals surface area contributed by atoms with Crippen LogP contribution in [0.4, 0.5) is 10.2 Å². The second kappa shape index (κ2) is 6.26. The Kier molecular flexibility index (Phi) is 4.15. The molecular formula is C18H12ClFN4. The number of benzene rings is 1. The van der Waals surface area contributed by atoms with Gasteiger partial charge in [-0.2, -0.15) is 5.26 Å². The fraction of sp³-hybridized carbons (Fsp3) is 0.0556. The van der Waals surface area contributed by atoms with Gasteiger partial charge in [-0.25, -0.2) is 14.4 Å². The van der Waals surface area contributed by atoms with E-state index in [1.807, 2.05) is 13.0 Å². The molecule has 0 radical (unpaired) electrons. The van der Waals surface area contributed by atoms with Crippen molar-refractivity contribution in [3.63, 3.8) is 0 Å². The van der Waals surface area contributed by atoms with E-state index < -0.39 is 0 Å². The number of pyridine rings is 2. The van der Waals surface area contributed by atoms with E-state index in [0.717, 1.165) is 0 Å². The minimum Gasteiger partial charge on any atom is -0.384 e. The van der Waals surface area contributed by atoms with Gasteiger partial charge in [0.15, 0.2) is 0 Å². The average Bonchev–Trinajstić information content (AvgIpc) is 2.53. The zero-order valence-electron chi connectivity index (χ0n) is 12.7. The Morgan fingerprint density at radius 1 is 1.08 bits per heavy atom. The van der Waals surface area contributed by atoms with Gasteiger partial charge in [-0.3, -0.25) is 0 Å². The van der Waals surface area contributed by atoms with E-state index in [4.69, 9.17) is 17.3 Å². The van der Waals surface area contributed by atoms with Gasteiger partial charge in [0.25, 0.3) is 0 Å². The third-order valence-corrected chi connectivity index (χ3v) is 3.68. The van der Waals surface area contributed by atoms with Crippen molar-refractivity contribution in [2.24, 2.45) is 0 Å². The summed E-state index contributed by atoms with van der Waals surface area (Å²) in [7, 11) is 0. The molecule has 0 fully saturated rings. The van der Waals surface area contributed by atoms with Crippen molar-refractivity contribution in [1.29, 1.82) is 5.26 Å². The van der Waals surface area contributed by atoms with E-state index >= 15 is 0 Å². The molecule has 0 saturated heterocycles. The summed E-state index contributed by atoms with van der Waals surface area (Å²) in [5.74, 6) is -0.140. The molecule has 0 bridgehead atoms. The second-order valence-corrected chi connectivity index (χ2v) is 5.64. The summed E-state index contributed by atoms with van der Waals surface area (Å²) in [6.45, 7) is 1.81. The molecule has 0 aliphatic heterocycles. The van der Waals surface area contributed by atoms with Crippen LogP contribution in [-0.4, -0.2) is 9.97 Å². The standard InChI is InChI=1S/C18H12ClFN4/c1-10-6-12(7-15(19)23-10)17-13(9-21)8-16(22)24-18(17)11-2-4-14(20)5-3-11/h2-8H,1H3,(H2,22,24). The number of nitriles is 1. The number of aromatic nitrogens is 2. The summed E-state index contributed by atoms with van der Waals surface area (Å²) in [4.78, 5) is 8.49. The highest BCUT2D eigenvalue weighted by Gasteiger charge is 2.17. The number of halogens is 2. The van der Waals surface area contributed by atoms with Crippen molar-refractivity contribution in [2.45, 2.75) is 6.92 Å². The van der Waals surface area contributed by atoms with E-state index in [9.17, 15) is 9.65 Å². The molecule has 0 unspecified atom stereocenters. The van der Waals surface area contributed by atoms with Crippen molar-refractivity contribution in [2.75, 3.05) is 5.73 Å². The maximum atomic E-state index is 13.2. The largest absolute Gasteiger partial charge is 0.384 e. The van der Waals surface area contributed by atoms with E-state index in [1.54, 1.807) is 18.2 Å². The zero-order valence-corrected chi connectivity index (χ0v) is 13.5. The van der Waals surface area contributed by atoms with Crippen molar-refractivity contribution in [3.05, 3.63) is 64.7 Å². The summed E-state index contributed by atoms with van der Waals surface area (Å²) in [6, 6.07) is 13.0. The lowest BCUT2D eigenvalue weighted by Gasteiger charge is -2.13. The van der Waals surface area contributed by atoms with Crippen molar-refractivity contribution in [1.82, 2.24) is 9.97 Å². The van der Waals surface area contributed by atoms with Crippen molar-refractivity contribution >= 4 is 17.4 Å². The van der Waals surface area contributed by atoms with Gasteiger partial charge in [0, 0.05) is 16.8 Å². The highest BCUT2D eigenvalue weighted by atomic mass is 35.5. The monoisotopic (exact) mass is 338 g/mol. The Labute approximate surface area is 143 Å². The molecule has 3 aromatic rings. The lowest BCUT2D eigenvalue weighted by Crippen LogP contribution is -1.99. The van der Waals surface area contributed by atoms with Gasteiger partial charge in [-0.1, -0.05) is 11.6 Å². The van der Waals surface area contributed by atoms with Crippen LogP contribution in [0.1, 0.15) is 11.3 Å². The fourth-order valence-electron chi connectivity index (χ4n) is 2.53. The number of rotatable bonds is 2. The van der Waals surface area contributed by atoms with E-state index in [-0.39, 0.29) is 11.6 Å². The summed E-state index contributed by atoms with van der Waals surface area (Å²) >= 11 is 6.06. The fourth-order valence-corrected chi connectivity index (χ4v) is 2.79. The van der Waals surface area contributed by atoms with Crippen molar-refractivity contribution in [3.8, 4) is 28.5 Å². The van der Waals surface area contributed by atoms with Crippen LogP contribution in [0.15, 0.2) is 42.5 Å². The van der Waals surface area contributed by atoms with Crippen LogP contribution in [0, 0.1) is 24.1 Å². The Morgan fingerprint density at radius 2 is 1.79 bits per heavy atom. The first kappa shape index (κ1) is 15.9. The lowest BCUT2D eigenvalue weighted by atomic mass is 9.95. The smallest absolute Gasteiger partial charge is 0.129 e. The first-order valence-corrected chi connectivity index (χ1v) is 7.47. The molecular weight excluding hydrogens is 327 g/mol. The lowest BCUT2D eigenvalue weighted by molar-refractivity contribution is 0.628. The van der Waals surface area contributed by atoms with Crippen LogP contribution in [0.3, 0.4) is 0 Å². The molecule has 0 amide bonds. The van der Waals surface area contributed by atoms with Gasteiger partial charge < -0.3 is 5.73 Å². The summed E-state index contributed by atoms with van der Waals surface area (Å²) in [5, 5.41) is 9.83. The number of anilines is 1. The van der Waals surface area contributed by atoms with Gasteiger partial charge in [0.05, 0.1) is 17.3 Å². The Morgan fingerprint density at radius 3 is 2.42 bits per heavy atom. The summed E-state index contributed by atoms with van der Waals surface area (Å²) in [6.07, 6.45) is 0. The Bertz CT molecular complexity index is 942. The molecule has 2 N–H and O–H groups in total. The minimum absolute atomic E-state index is 0.214. The highest BCUT2D eigenvalue weighted by molar-refractivity contribution is 6.29. The van der Waals surface area contributed by atoms with Gasteiger partial charge in [-0.15, -0.1) is 0 Å². The third-order valence-electron chi connectivity index (χ3n) is 3.49. The zero-order chi connectivity index (χ0) is 17.3. The number of nitrogen functional groups attached to an aromatic ring is 1. The average molecular weight is 339 g/mol. The molecule has 2 aromatic heterocycles. The van der Waals surface area contributed by atoms with Crippen LogP contribution in [0.5, 0.6) is 0 Å². The topological polar surface area (TPSA) is 75.6 Å². The number of nitrogens with two attached hydrogens (primary N) is 1. The van der Waals surface area contributed by atoms with Crippen molar-refractivity contribution < 1.29 is 4.39 Å². The van der Waals surface area contributed by atoms with Crippen LogP contribution in [0.2, 0.25) is 5.15 Å². The number of hydrogen-bond donors (Lipinski definition) is 1. The van der Waals surface area contributed by atoms with E-state index in [1.165, 1.54) is 18.2 Å². The SMILES string of the molecule is Cc1cc(-c2c(C#N)cc(N)nc2-c2ccc(F)cc2)cc(Cl)n1. The normalized spacial score (nSPS) is 10.4. The molecule has 3 rings (SSSR count). The van der Waals surface area contributed by atoms with E-state index in [0.29, 0.717) is 38.8 Å². The summed E-state index contributed by atoms with van der Waals surface area (Å²) < 4.78 is 13.2. The van der Waals surface area contributed by atoms with Crippen LogP contribution in [0.25, 0.3) is 22.4 Å². The molecule has 118 valence electrons. The Hall–Kier alpha value is -2.97. The number of nitrogens with zero attached hydrogens (tertiary/aromatic N) is 3. The van der Waals surface area contributed by atoms with Crippen LogP contribution < -0.4 is 5.73 Å². The predicted octanol–water partition coefficient (Wildman–Crippen LogP) is 4.37. The maximum absolute atomic E-state index is 13.2. The first-order valence-electron chi connectivity index (χ1n) is 7.09. The van der Waals surface area contributed by atoms with Gasteiger partial charge in [-0.05, 0) is 55.0 Å². The number of aryl methyl sites for hydroxylation is 1. The molecule has 2 heterocycles. The first-order chi connectivity index (χ1) is 11.5. The van der Waals surface area contributed by atoms with Gasteiger partial charge >= 0.3 is 0 Å². The van der Waals surface area contributed by atoms with Crippen LogP contribution >= 0.6 is 11.6 Å². The molecule has 4 nitrogen and oxygen atoms in total. The molecule has 1 aromatic carbocycles. The molecule has 24 heavy (non-hydrogen) atoms. The molecule has 0 spiro atoms. The van der Waals surface area contributed by atoms with Gasteiger partial charge in [0.2, 0.25) is 0 Å². The minimum atomic E-state index is -0.354.